The van der Waals surface area contributed by atoms with E-state index >= 15 is 0 Å². The van der Waals surface area contributed by atoms with Gasteiger partial charge in [0.15, 0.2) is 5.78 Å². The first kappa shape index (κ1) is 15.3. The van der Waals surface area contributed by atoms with Crippen molar-refractivity contribution in [1.82, 2.24) is 9.13 Å². The second-order valence-electron chi connectivity index (χ2n) is 4.62. The highest BCUT2D eigenvalue weighted by Gasteiger charge is 2.13. The normalized spacial score (nSPS) is 10.6. The van der Waals surface area contributed by atoms with Gasteiger partial charge in [-0.3, -0.25) is 14.2 Å². The van der Waals surface area contributed by atoms with Gasteiger partial charge in [-0.15, -0.1) is 0 Å². The molecular weight excluding hydrogens is 292 g/mol. The standard InChI is InChI=1S/C15H15ClN2O3/c1-2-8-17-9-7-14(20)18(15(17)21)10-13(19)11-5-3-4-6-12(11)16/h3-7,9H,2,8,10H2,1H3. The van der Waals surface area contributed by atoms with Crippen LogP contribution < -0.4 is 11.2 Å². The molecule has 0 N–H and O–H groups in total. The number of ketones is 1. The Hall–Kier alpha value is -2.14. The number of hydrogen-bond acceptors (Lipinski definition) is 3. The van der Waals surface area contributed by atoms with Gasteiger partial charge in [-0.25, -0.2) is 4.79 Å². The second kappa shape index (κ2) is 6.54. The molecule has 110 valence electrons. The van der Waals surface area contributed by atoms with Gasteiger partial charge < -0.3 is 4.57 Å². The third kappa shape index (κ3) is 3.31. The Morgan fingerprint density at radius 1 is 1.19 bits per heavy atom. The molecule has 0 spiro atoms. The van der Waals surface area contributed by atoms with Gasteiger partial charge in [-0.2, -0.15) is 0 Å². The molecule has 2 aromatic rings. The molecule has 0 unspecified atom stereocenters. The van der Waals surface area contributed by atoms with Crippen molar-refractivity contribution in [1.29, 1.82) is 0 Å². The van der Waals surface area contributed by atoms with Gasteiger partial charge in [0.1, 0.15) is 0 Å². The predicted octanol–water partition coefficient (Wildman–Crippen LogP) is 1.96. The Morgan fingerprint density at radius 2 is 1.90 bits per heavy atom. The van der Waals surface area contributed by atoms with E-state index in [2.05, 4.69) is 0 Å². The molecule has 0 saturated carbocycles. The average Bonchev–Trinajstić information content (AvgIpc) is 2.47. The summed E-state index contributed by atoms with van der Waals surface area (Å²) in [6.45, 7) is 2.11. The van der Waals surface area contributed by atoms with Gasteiger partial charge in [0.05, 0.1) is 11.6 Å². The summed E-state index contributed by atoms with van der Waals surface area (Å²) in [6.07, 6.45) is 2.21. The number of benzene rings is 1. The molecule has 1 aromatic heterocycles. The van der Waals surface area contributed by atoms with Crippen molar-refractivity contribution in [3.8, 4) is 0 Å². The van der Waals surface area contributed by atoms with Gasteiger partial charge in [-0.1, -0.05) is 30.7 Å². The maximum atomic E-state index is 12.2. The first-order valence-corrected chi connectivity index (χ1v) is 7.00. The minimum atomic E-state index is -0.493. The molecule has 0 saturated heterocycles. The summed E-state index contributed by atoms with van der Waals surface area (Å²) in [4.78, 5) is 36.2. The Kier molecular flexibility index (Phi) is 4.75. The lowest BCUT2D eigenvalue weighted by atomic mass is 10.1. The number of rotatable bonds is 5. The van der Waals surface area contributed by atoms with Crippen LogP contribution in [0.3, 0.4) is 0 Å². The van der Waals surface area contributed by atoms with E-state index in [4.69, 9.17) is 11.6 Å². The summed E-state index contributed by atoms with van der Waals surface area (Å²) >= 11 is 5.95. The summed E-state index contributed by atoms with van der Waals surface area (Å²) in [5.74, 6) is -0.367. The smallest absolute Gasteiger partial charge is 0.300 e. The first-order chi connectivity index (χ1) is 10.0. The molecule has 2 rings (SSSR count). The molecule has 0 atom stereocenters. The molecular formula is C15H15ClN2O3. The van der Waals surface area contributed by atoms with E-state index in [-0.39, 0.29) is 12.3 Å². The maximum Gasteiger partial charge on any atom is 0.331 e. The van der Waals surface area contributed by atoms with E-state index in [9.17, 15) is 14.4 Å². The highest BCUT2D eigenvalue weighted by molar-refractivity contribution is 6.33. The molecule has 0 radical (unpaired) electrons. The number of halogens is 1. The Labute approximate surface area is 126 Å². The van der Waals surface area contributed by atoms with E-state index in [1.165, 1.54) is 16.8 Å². The molecule has 0 aliphatic heterocycles. The number of aryl methyl sites for hydroxylation is 1. The lowest BCUT2D eigenvalue weighted by Crippen LogP contribution is -2.40. The average molecular weight is 307 g/mol. The predicted molar refractivity (Wildman–Crippen MR) is 81.0 cm³/mol. The zero-order chi connectivity index (χ0) is 15.4. The highest BCUT2D eigenvalue weighted by Crippen LogP contribution is 2.15. The SMILES string of the molecule is CCCn1ccc(=O)n(CC(=O)c2ccccc2Cl)c1=O. The fraction of sp³-hybridized carbons (Fsp3) is 0.267. The van der Waals surface area contributed by atoms with Crippen LogP contribution in [0.2, 0.25) is 5.02 Å². The minimum Gasteiger partial charge on any atom is -0.300 e. The van der Waals surface area contributed by atoms with Crippen LogP contribution in [0.1, 0.15) is 23.7 Å². The Morgan fingerprint density at radius 3 is 2.57 bits per heavy atom. The van der Waals surface area contributed by atoms with Crippen LogP contribution in [0.5, 0.6) is 0 Å². The monoisotopic (exact) mass is 306 g/mol. The van der Waals surface area contributed by atoms with E-state index in [0.29, 0.717) is 17.1 Å². The van der Waals surface area contributed by atoms with E-state index in [1.807, 2.05) is 6.92 Å². The van der Waals surface area contributed by atoms with Crippen molar-refractivity contribution in [3.63, 3.8) is 0 Å². The third-order valence-electron chi connectivity index (χ3n) is 3.08. The van der Waals surface area contributed by atoms with Crippen molar-refractivity contribution >= 4 is 17.4 Å². The summed E-state index contributed by atoms with van der Waals surface area (Å²) in [7, 11) is 0. The van der Waals surface area contributed by atoms with Crippen molar-refractivity contribution in [2.75, 3.05) is 0 Å². The topological polar surface area (TPSA) is 61.1 Å². The van der Waals surface area contributed by atoms with Crippen LogP contribution in [0, 0.1) is 0 Å². The molecule has 6 heteroatoms. The lowest BCUT2D eigenvalue weighted by Gasteiger charge is -2.09. The number of aromatic nitrogens is 2. The molecule has 0 aliphatic carbocycles. The number of nitrogens with zero attached hydrogens (tertiary/aromatic N) is 2. The largest absolute Gasteiger partial charge is 0.331 e. The van der Waals surface area contributed by atoms with Crippen molar-refractivity contribution in [2.45, 2.75) is 26.4 Å². The van der Waals surface area contributed by atoms with Crippen LogP contribution in [-0.2, 0) is 13.1 Å². The van der Waals surface area contributed by atoms with Crippen molar-refractivity contribution in [2.24, 2.45) is 0 Å². The van der Waals surface area contributed by atoms with Crippen molar-refractivity contribution in [3.05, 3.63) is 68.0 Å². The molecule has 0 amide bonds. The minimum absolute atomic E-state index is 0.302. The molecule has 0 fully saturated rings. The van der Waals surface area contributed by atoms with Gasteiger partial charge in [0, 0.05) is 24.4 Å². The van der Waals surface area contributed by atoms with Gasteiger partial charge in [0.2, 0.25) is 0 Å². The molecule has 5 nitrogen and oxygen atoms in total. The quantitative estimate of drug-likeness (QED) is 0.793. The van der Waals surface area contributed by atoms with Gasteiger partial charge in [-0.05, 0) is 18.6 Å². The summed E-state index contributed by atoms with van der Waals surface area (Å²) < 4.78 is 2.35. The molecule has 1 aromatic carbocycles. The summed E-state index contributed by atoms with van der Waals surface area (Å²) in [6, 6.07) is 7.85. The second-order valence-corrected chi connectivity index (χ2v) is 5.03. The zero-order valence-corrected chi connectivity index (χ0v) is 12.3. The Bertz CT molecular complexity index is 777. The van der Waals surface area contributed by atoms with Gasteiger partial charge >= 0.3 is 5.69 Å². The van der Waals surface area contributed by atoms with Crippen LogP contribution in [0.15, 0.2) is 46.1 Å². The van der Waals surface area contributed by atoms with E-state index in [1.54, 1.807) is 24.3 Å². The fourth-order valence-corrected chi connectivity index (χ4v) is 2.27. The number of hydrogen-bond donors (Lipinski definition) is 0. The number of carbonyl (C=O) groups excluding carboxylic acids is 1. The molecule has 1 heterocycles. The molecule has 21 heavy (non-hydrogen) atoms. The number of Topliss-reactive ketones (excluding diaryl/α,β-unsaturated/α-hetero) is 1. The third-order valence-corrected chi connectivity index (χ3v) is 3.41. The van der Waals surface area contributed by atoms with E-state index in [0.717, 1.165) is 11.0 Å². The first-order valence-electron chi connectivity index (χ1n) is 6.62. The van der Waals surface area contributed by atoms with Crippen LogP contribution in [0.25, 0.3) is 0 Å². The maximum absolute atomic E-state index is 12.2. The highest BCUT2D eigenvalue weighted by atomic mass is 35.5. The zero-order valence-electron chi connectivity index (χ0n) is 11.6. The lowest BCUT2D eigenvalue weighted by molar-refractivity contribution is 0.0968. The number of carbonyl (C=O) groups is 1. The molecule has 0 aliphatic rings. The summed E-state index contributed by atoms with van der Waals surface area (Å²) in [5, 5.41) is 0.306. The van der Waals surface area contributed by atoms with Crippen LogP contribution >= 0.6 is 11.6 Å². The van der Waals surface area contributed by atoms with E-state index < -0.39 is 11.2 Å². The van der Waals surface area contributed by atoms with Crippen LogP contribution in [-0.4, -0.2) is 14.9 Å². The molecule has 0 bridgehead atoms. The summed E-state index contributed by atoms with van der Waals surface area (Å²) in [5.41, 5.74) is -0.672. The van der Waals surface area contributed by atoms with Crippen LogP contribution in [0.4, 0.5) is 0 Å². The fourth-order valence-electron chi connectivity index (χ4n) is 2.03. The van der Waals surface area contributed by atoms with Gasteiger partial charge in [0.25, 0.3) is 5.56 Å². The Balaban J connectivity index is 2.38. The van der Waals surface area contributed by atoms with Crippen molar-refractivity contribution < 1.29 is 4.79 Å².